The summed E-state index contributed by atoms with van der Waals surface area (Å²) in [6.07, 6.45) is 3.77. The van der Waals surface area contributed by atoms with Crippen LogP contribution in [0.2, 0.25) is 5.02 Å². The summed E-state index contributed by atoms with van der Waals surface area (Å²) in [5.41, 5.74) is 4.05. The van der Waals surface area contributed by atoms with E-state index in [9.17, 15) is 4.79 Å². The third-order valence-corrected chi connectivity index (χ3v) is 6.83. The summed E-state index contributed by atoms with van der Waals surface area (Å²) in [6, 6.07) is 22.6. The Labute approximate surface area is 231 Å². The number of halogens is 1. The number of hydrogen-bond donors (Lipinski definition) is 2. The van der Waals surface area contributed by atoms with E-state index in [1.807, 2.05) is 77.8 Å². The fraction of sp³-hybridized carbons (Fsp3) is 0.179. The van der Waals surface area contributed by atoms with Crippen molar-refractivity contribution in [1.82, 2.24) is 14.9 Å². The molecule has 0 saturated carbocycles. The molecule has 2 N–H and O–H groups in total. The van der Waals surface area contributed by atoms with E-state index in [4.69, 9.17) is 33.3 Å². The third-order valence-electron chi connectivity index (χ3n) is 6.28. The lowest BCUT2D eigenvalue weighted by molar-refractivity contribution is -0.119. The van der Waals surface area contributed by atoms with E-state index < -0.39 is 0 Å². The largest absolute Gasteiger partial charge is 0.495 e. The van der Waals surface area contributed by atoms with E-state index in [1.54, 1.807) is 13.3 Å². The maximum absolute atomic E-state index is 12.3. The van der Waals surface area contributed by atoms with Crippen LogP contribution in [0.15, 0.2) is 85.2 Å². The van der Waals surface area contributed by atoms with E-state index in [0.29, 0.717) is 21.6 Å². The zero-order chi connectivity index (χ0) is 26.6. The monoisotopic (exact) mass is 547 g/mol. The highest BCUT2D eigenvalue weighted by Gasteiger charge is 2.42. The number of anilines is 2. The van der Waals surface area contributed by atoms with Gasteiger partial charge in [-0.25, -0.2) is 0 Å². The molecule has 1 saturated heterocycles. The van der Waals surface area contributed by atoms with Gasteiger partial charge in [-0.1, -0.05) is 23.7 Å². The first-order valence-corrected chi connectivity index (χ1v) is 12.7. The van der Waals surface area contributed by atoms with Gasteiger partial charge in [-0.05, 0) is 72.9 Å². The van der Waals surface area contributed by atoms with Gasteiger partial charge in [-0.2, -0.15) is 0 Å². The zero-order valence-electron chi connectivity index (χ0n) is 20.8. The van der Waals surface area contributed by atoms with Gasteiger partial charge in [0.1, 0.15) is 18.4 Å². The van der Waals surface area contributed by atoms with Crippen molar-refractivity contribution in [3.8, 4) is 11.4 Å². The molecule has 2 atom stereocenters. The van der Waals surface area contributed by atoms with E-state index in [-0.39, 0.29) is 24.6 Å². The molecule has 1 aliphatic heterocycles. The molecule has 5 rings (SSSR count). The summed E-state index contributed by atoms with van der Waals surface area (Å²) >= 11 is 12.2. The number of amides is 1. The van der Waals surface area contributed by atoms with Crippen molar-refractivity contribution in [2.45, 2.75) is 12.1 Å². The maximum Gasteiger partial charge on any atom is 0.250 e. The minimum atomic E-state index is -0.289. The molecule has 8 nitrogen and oxygen atoms in total. The smallest absolute Gasteiger partial charge is 0.250 e. The normalized spacial score (nSPS) is 16.8. The van der Waals surface area contributed by atoms with Gasteiger partial charge >= 0.3 is 0 Å². The van der Waals surface area contributed by atoms with Crippen molar-refractivity contribution in [1.29, 1.82) is 0 Å². The van der Waals surface area contributed by atoms with Crippen LogP contribution in [-0.2, 0) is 9.53 Å². The van der Waals surface area contributed by atoms with E-state index in [0.717, 1.165) is 22.8 Å². The Kier molecular flexibility index (Phi) is 7.59. The Hall–Kier alpha value is -3.92. The Morgan fingerprint density at radius 3 is 2.68 bits per heavy atom. The van der Waals surface area contributed by atoms with Crippen LogP contribution in [0.25, 0.3) is 5.69 Å². The molecule has 0 radical (unpaired) electrons. The van der Waals surface area contributed by atoms with Crippen LogP contribution < -0.4 is 20.3 Å². The first kappa shape index (κ1) is 25.7. The lowest BCUT2D eigenvalue weighted by Crippen LogP contribution is -2.30. The molecular formula is C28H26ClN5O3S. The average molecular weight is 548 g/mol. The lowest BCUT2D eigenvalue weighted by atomic mass is 10.0. The summed E-state index contributed by atoms with van der Waals surface area (Å²) in [4.78, 5) is 19.0. The van der Waals surface area contributed by atoms with Gasteiger partial charge in [0.2, 0.25) is 5.91 Å². The summed E-state index contributed by atoms with van der Waals surface area (Å²) in [7, 11) is 3.03. The summed E-state index contributed by atoms with van der Waals surface area (Å²) in [5, 5.41) is 7.52. The highest BCUT2D eigenvalue weighted by atomic mass is 35.5. The van der Waals surface area contributed by atoms with Crippen molar-refractivity contribution in [3.05, 3.63) is 102 Å². The number of rotatable bonds is 8. The van der Waals surface area contributed by atoms with Crippen molar-refractivity contribution < 1.29 is 14.3 Å². The maximum atomic E-state index is 12.3. The molecular weight excluding hydrogens is 522 g/mol. The number of pyridine rings is 1. The fourth-order valence-corrected chi connectivity index (χ4v) is 5.22. The quantitative estimate of drug-likeness (QED) is 0.290. The predicted octanol–water partition coefficient (Wildman–Crippen LogP) is 5.30. The molecule has 4 aromatic rings. The van der Waals surface area contributed by atoms with Crippen LogP contribution in [0.1, 0.15) is 23.5 Å². The van der Waals surface area contributed by atoms with Crippen LogP contribution in [-0.4, -0.2) is 41.4 Å². The number of carbonyl (C=O) groups is 1. The van der Waals surface area contributed by atoms with Gasteiger partial charge in [0.05, 0.1) is 24.5 Å². The van der Waals surface area contributed by atoms with Crippen molar-refractivity contribution in [2.75, 3.05) is 31.0 Å². The Balaban J connectivity index is 1.63. The molecule has 0 unspecified atom stereocenters. The average Bonchev–Trinajstić information content (AvgIpc) is 3.53. The SMILES string of the molecule is COCC(=O)Nc1cc(N2C(=S)N[C@H](c3ccccn3)[C@H]2c2cccn2-c2cccc(Cl)c2)ccc1OC. The molecule has 10 heteroatoms. The standard InChI is InChI=1S/C28H26ClN5O3S/c1-36-17-25(35)31-22-16-20(11-12-24(22)37-2)34-27(26(32-28(34)38)21-9-3-4-13-30-21)23-10-6-14-33(23)19-8-5-7-18(29)15-19/h3-16,26-27H,17H2,1-2H3,(H,31,35)(H,32,38)/t26-,27-/m1/s1. The number of aromatic nitrogens is 2. The molecule has 194 valence electrons. The van der Waals surface area contributed by atoms with Gasteiger partial charge in [0.15, 0.2) is 5.11 Å². The second-order valence-corrected chi connectivity index (χ2v) is 9.47. The van der Waals surface area contributed by atoms with E-state index in [2.05, 4.69) is 26.3 Å². The lowest BCUT2D eigenvalue weighted by Gasteiger charge is -2.29. The third kappa shape index (κ3) is 5.08. The minimum Gasteiger partial charge on any atom is -0.495 e. The Morgan fingerprint density at radius 1 is 1.08 bits per heavy atom. The topological polar surface area (TPSA) is 80.7 Å². The van der Waals surface area contributed by atoms with Gasteiger partial charge < -0.3 is 29.6 Å². The molecule has 1 amide bonds. The molecule has 2 aromatic heterocycles. The number of benzene rings is 2. The number of hydrogen-bond acceptors (Lipinski definition) is 5. The van der Waals surface area contributed by atoms with Crippen LogP contribution in [0.5, 0.6) is 5.75 Å². The number of nitrogens with one attached hydrogen (secondary N) is 2. The predicted molar refractivity (Wildman–Crippen MR) is 152 cm³/mol. The summed E-state index contributed by atoms with van der Waals surface area (Å²) < 4.78 is 12.6. The molecule has 3 heterocycles. The Morgan fingerprint density at radius 2 is 1.95 bits per heavy atom. The molecule has 2 aromatic carbocycles. The summed E-state index contributed by atoms with van der Waals surface area (Å²) in [6.45, 7) is -0.0748. The van der Waals surface area contributed by atoms with Crippen molar-refractivity contribution in [2.24, 2.45) is 0 Å². The zero-order valence-corrected chi connectivity index (χ0v) is 22.4. The highest BCUT2D eigenvalue weighted by Crippen LogP contribution is 2.43. The number of carbonyl (C=O) groups excluding carboxylic acids is 1. The minimum absolute atomic E-state index is 0.0748. The van der Waals surface area contributed by atoms with Crippen LogP contribution in [0.3, 0.4) is 0 Å². The fourth-order valence-electron chi connectivity index (χ4n) is 4.69. The second-order valence-electron chi connectivity index (χ2n) is 8.65. The second kappa shape index (κ2) is 11.2. The highest BCUT2D eigenvalue weighted by molar-refractivity contribution is 7.80. The van der Waals surface area contributed by atoms with E-state index in [1.165, 1.54) is 7.11 Å². The van der Waals surface area contributed by atoms with Gasteiger partial charge in [0.25, 0.3) is 0 Å². The van der Waals surface area contributed by atoms with Crippen molar-refractivity contribution in [3.63, 3.8) is 0 Å². The number of thiocarbonyl (C=S) groups is 1. The van der Waals surface area contributed by atoms with Gasteiger partial charge in [0, 0.05) is 41.6 Å². The number of ether oxygens (including phenoxy) is 2. The van der Waals surface area contributed by atoms with Crippen LogP contribution >= 0.6 is 23.8 Å². The van der Waals surface area contributed by atoms with Crippen LogP contribution in [0, 0.1) is 0 Å². The van der Waals surface area contributed by atoms with Crippen molar-refractivity contribution >= 4 is 46.2 Å². The molecule has 0 bridgehead atoms. The number of methoxy groups -OCH3 is 2. The van der Waals surface area contributed by atoms with Gasteiger partial charge in [-0.3, -0.25) is 9.78 Å². The molecule has 38 heavy (non-hydrogen) atoms. The molecule has 0 aliphatic carbocycles. The van der Waals surface area contributed by atoms with Crippen LogP contribution in [0.4, 0.5) is 11.4 Å². The Bertz CT molecular complexity index is 1460. The van der Waals surface area contributed by atoms with Gasteiger partial charge in [-0.15, -0.1) is 0 Å². The first-order valence-electron chi connectivity index (χ1n) is 11.9. The molecule has 1 aliphatic rings. The molecule has 1 fully saturated rings. The first-order chi connectivity index (χ1) is 18.5. The van der Waals surface area contributed by atoms with E-state index >= 15 is 0 Å². The number of nitrogens with zero attached hydrogens (tertiary/aromatic N) is 3. The molecule has 0 spiro atoms. The summed E-state index contributed by atoms with van der Waals surface area (Å²) in [5.74, 6) is 0.235.